The third kappa shape index (κ3) is 3.88. The third-order valence-electron chi connectivity index (χ3n) is 3.77. The summed E-state index contributed by atoms with van der Waals surface area (Å²) >= 11 is 6.51. The van der Waals surface area contributed by atoms with E-state index in [1.165, 1.54) is 0 Å². The summed E-state index contributed by atoms with van der Waals surface area (Å²) in [4.78, 5) is 0. The zero-order chi connectivity index (χ0) is 13.9. The number of rotatable bonds is 6. The minimum atomic E-state index is -0.243. The van der Waals surface area contributed by atoms with Crippen LogP contribution in [-0.2, 0) is 9.31 Å². The van der Waals surface area contributed by atoms with Gasteiger partial charge in [-0.3, -0.25) is 0 Å². The molecule has 0 aromatic carbocycles. The summed E-state index contributed by atoms with van der Waals surface area (Å²) in [6.07, 6.45) is 2.61. The Kier molecular flexibility index (Phi) is 6.50. The van der Waals surface area contributed by atoms with Crippen LogP contribution in [0.5, 0.6) is 0 Å². The molecule has 1 heterocycles. The van der Waals surface area contributed by atoms with Crippen molar-refractivity contribution in [2.24, 2.45) is 17.8 Å². The maximum atomic E-state index is 6.51. The first-order chi connectivity index (χ1) is 8.38. The van der Waals surface area contributed by atoms with Gasteiger partial charge in [0.15, 0.2) is 0 Å². The summed E-state index contributed by atoms with van der Waals surface area (Å²) in [5, 5.41) is -0.0463. The van der Waals surface area contributed by atoms with Gasteiger partial charge < -0.3 is 9.31 Å². The molecule has 18 heavy (non-hydrogen) atoms. The SMILES string of the molecule is CCC[C@H](C)[C@@H](Cl)B1O[C@H](C(C)C)[C@@H](C(C)C)O1. The molecule has 1 saturated heterocycles. The van der Waals surface area contributed by atoms with Crippen molar-refractivity contribution >= 4 is 18.7 Å². The fourth-order valence-corrected chi connectivity index (χ4v) is 2.85. The summed E-state index contributed by atoms with van der Waals surface area (Å²) in [6.45, 7) is 13.1. The molecular weight excluding hydrogens is 246 g/mol. The predicted molar refractivity (Wildman–Crippen MR) is 78.9 cm³/mol. The first kappa shape index (κ1) is 16.3. The Morgan fingerprint density at radius 1 is 1.00 bits per heavy atom. The number of hydrogen-bond donors (Lipinski definition) is 0. The van der Waals surface area contributed by atoms with E-state index < -0.39 is 0 Å². The lowest BCUT2D eigenvalue weighted by atomic mass is 9.76. The molecule has 1 rings (SSSR count). The van der Waals surface area contributed by atoms with Gasteiger partial charge in [-0.15, -0.1) is 11.6 Å². The average Bonchev–Trinajstić information content (AvgIpc) is 2.73. The molecule has 0 aromatic heterocycles. The number of halogens is 1. The summed E-state index contributed by atoms with van der Waals surface area (Å²) in [5.41, 5.74) is 0. The van der Waals surface area contributed by atoms with Crippen LogP contribution in [-0.4, -0.2) is 24.6 Å². The summed E-state index contributed by atoms with van der Waals surface area (Å²) in [5.74, 6) is 1.36. The Morgan fingerprint density at radius 3 is 1.78 bits per heavy atom. The van der Waals surface area contributed by atoms with Gasteiger partial charge in [0.05, 0.1) is 17.5 Å². The Bertz CT molecular complexity index is 232. The molecule has 0 saturated carbocycles. The lowest BCUT2D eigenvalue weighted by Crippen LogP contribution is -2.34. The molecule has 1 aliphatic heterocycles. The van der Waals surface area contributed by atoms with E-state index in [9.17, 15) is 0 Å². The molecule has 0 unspecified atom stereocenters. The van der Waals surface area contributed by atoms with Crippen LogP contribution in [0.1, 0.15) is 54.4 Å². The van der Waals surface area contributed by atoms with E-state index in [1.54, 1.807) is 0 Å². The van der Waals surface area contributed by atoms with E-state index >= 15 is 0 Å². The van der Waals surface area contributed by atoms with Crippen molar-refractivity contribution in [1.82, 2.24) is 0 Å². The standard InChI is InChI=1S/C14H28BClO2/c1-7-8-11(6)14(16)15-17-12(9(2)3)13(18-15)10(4)5/h9-14H,7-8H2,1-6H3/t11-,12+,13+,14+/m0/s1. The van der Waals surface area contributed by atoms with Gasteiger partial charge in [0, 0.05) is 0 Å². The van der Waals surface area contributed by atoms with E-state index in [0.717, 1.165) is 12.8 Å². The maximum Gasteiger partial charge on any atom is 0.476 e. The van der Waals surface area contributed by atoms with Crippen LogP contribution in [0.2, 0.25) is 0 Å². The van der Waals surface area contributed by atoms with E-state index in [0.29, 0.717) is 17.8 Å². The zero-order valence-corrected chi connectivity index (χ0v) is 13.4. The van der Waals surface area contributed by atoms with Gasteiger partial charge in [0.1, 0.15) is 0 Å². The molecule has 0 N–H and O–H groups in total. The van der Waals surface area contributed by atoms with E-state index in [2.05, 4.69) is 41.5 Å². The van der Waals surface area contributed by atoms with Gasteiger partial charge in [-0.25, -0.2) is 0 Å². The molecule has 4 atom stereocenters. The second kappa shape index (κ2) is 7.16. The molecule has 1 aliphatic rings. The smallest absolute Gasteiger partial charge is 0.404 e. The van der Waals surface area contributed by atoms with Gasteiger partial charge >= 0.3 is 7.12 Å². The molecule has 106 valence electrons. The van der Waals surface area contributed by atoms with Gasteiger partial charge in [-0.05, 0) is 17.8 Å². The van der Waals surface area contributed by atoms with E-state index in [-0.39, 0.29) is 24.6 Å². The van der Waals surface area contributed by atoms with Crippen LogP contribution in [0.4, 0.5) is 0 Å². The monoisotopic (exact) mass is 274 g/mol. The van der Waals surface area contributed by atoms with Crippen LogP contribution in [0.25, 0.3) is 0 Å². The van der Waals surface area contributed by atoms with Crippen molar-refractivity contribution in [3.63, 3.8) is 0 Å². The van der Waals surface area contributed by atoms with Crippen LogP contribution >= 0.6 is 11.6 Å². The minimum Gasteiger partial charge on any atom is -0.404 e. The fourth-order valence-electron chi connectivity index (χ4n) is 2.60. The van der Waals surface area contributed by atoms with Crippen LogP contribution in [0.15, 0.2) is 0 Å². The normalized spacial score (nSPS) is 28.2. The molecule has 0 aromatic rings. The summed E-state index contributed by atoms with van der Waals surface area (Å²) < 4.78 is 12.1. The van der Waals surface area contributed by atoms with Crippen molar-refractivity contribution in [2.45, 2.75) is 71.9 Å². The van der Waals surface area contributed by atoms with Crippen LogP contribution in [0.3, 0.4) is 0 Å². The lowest BCUT2D eigenvalue weighted by molar-refractivity contribution is 0.0815. The Morgan fingerprint density at radius 2 is 1.44 bits per heavy atom. The topological polar surface area (TPSA) is 18.5 Å². The first-order valence-electron chi connectivity index (χ1n) is 7.33. The molecule has 2 nitrogen and oxygen atoms in total. The molecular formula is C14H28BClO2. The first-order valence-corrected chi connectivity index (χ1v) is 7.77. The van der Waals surface area contributed by atoms with Crippen LogP contribution in [0, 0.1) is 17.8 Å². The fraction of sp³-hybridized carbons (Fsp3) is 1.00. The molecule has 0 bridgehead atoms. The molecule has 1 fully saturated rings. The van der Waals surface area contributed by atoms with Gasteiger partial charge in [0.2, 0.25) is 0 Å². The average molecular weight is 275 g/mol. The van der Waals surface area contributed by atoms with E-state index in [1.807, 2.05) is 0 Å². The largest absolute Gasteiger partial charge is 0.476 e. The Balaban J connectivity index is 2.65. The quantitative estimate of drug-likeness (QED) is 0.535. The van der Waals surface area contributed by atoms with Crippen molar-refractivity contribution in [3.05, 3.63) is 0 Å². The Hall–Kier alpha value is 0.275. The number of hydrogen-bond acceptors (Lipinski definition) is 2. The molecule has 4 heteroatoms. The van der Waals surface area contributed by atoms with E-state index in [4.69, 9.17) is 20.9 Å². The molecule has 0 radical (unpaired) electrons. The van der Waals surface area contributed by atoms with Crippen molar-refractivity contribution in [2.75, 3.05) is 0 Å². The number of alkyl halides is 1. The molecule has 0 amide bonds. The minimum absolute atomic E-state index is 0.0463. The lowest BCUT2D eigenvalue weighted by Gasteiger charge is -2.24. The second-order valence-corrected chi connectivity index (χ2v) is 6.77. The highest BCUT2D eigenvalue weighted by atomic mass is 35.5. The highest BCUT2D eigenvalue weighted by Crippen LogP contribution is 2.32. The highest BCUT2D eigenvalue weighted by Gasteiger charge is 2.47. The van der Waals surface area contributed by atoms with Crippen molar-refractivity contribution in [3.8, 4) is 0 Å². The third-order valence-corrected chi connectivity index (χ3v) is 4.40. The van der Waals surface area contributed by atoms with Gasteiger partial charge in [0.25, 0.3) is 0 Å². The molecule has 0 spiro atoms. The van der Waals surface area contributed by atoms with Crippen molar-refractivity contribution < 1.29 is 9.31 Å². The second-order valence-electron chi connectivity index (χ2n) is 6.27. The highest BCUT2D eigenvalue weighted by molar-refractivity contribution is 6.59. The molecule has 0 aliphatic carbocycles. The summed E-state index contributed by atoms with van der Waals surface area (Å²) in [7, 11) is -0.243. The van der Waals surface area contributed by atoms with Gasteiger partial charge in [-0.1, -0.05) is 54.4 Å². The summed E-state index contributed by atoms with van der Waals surface area (Å²) in [6, 6.07) is 0. The predicted octanol–water partition coefficient (Wildman–Crippen LogP) is 4.15. The Labute approximate surface area is 118 Å². The van der Waals surface area contributed by atoms with Crippen molar-refractivity contribution in [1.29, 1.82) is 0 Å². The van der Waals surface area contributed by atoms with Gasteiger partial charge in [-0.2, -0.15) is 0 Å². The van der Waals surface area contributed by atoms with Crippen LogP contribution < -0.4 is 0 Å². The zero-order valence-electron chi connectivity index (χ0n) is 12.7. The maximum absolute atomic E-state index is 6.51.